The Balaban J connectivity index is 2.26. The summed E-state index contributed by atoms with van der Waals surface area (Å²) >= 11 is 3.47. The van der Waals surface area contributed by atoms with Crippen LogP contribution in [0.15, 0.2) is 41.0 Å². The standard InChI is InChI=1S/C14H18BrN3O/c1-17(2)8-9-18-13(12(15)10-16-18)14(19)11-6-4-3-5-7-11/h3-7,10,14,19H,8-9H2,1-2H3. The second kappa shape index (κ2) is 6.32. The van der Waals surface area contributed by atoms with E-state index in [9.17, 15) is 5.11 Å². The van der Waals surface area contributed by atoms with Gasteiger partial charge in [0, 0.05) is 6.54 Å². The summed E-state index contributed by atoms with van der Waals surface area (Å²) in [4.78, 5) is 2.09. The van der Waals surface area contributed by atoms with E-state index in [0.717, 1.165) is 28.8 Å². The molecule has 1 N–H and O–H groups in total. The van der Waals surface area contributed by atoms with Crippen molar-refractivity contribution in [1.82, 2.24) is 14.7 Å². The SMILES string of the molecule is CN(C)CCn1ncc(Br)c1C(O)c1ccccc1. The highest BCUT2D eigenvalue weighted by atomic mass is 79.9. The van der Waals surface area contributed by atoms with E-state index in [1.54, 1.807) is 6.20 Å². The second-order valence-corrected chi connectivity index (χ2v) is 5.57. The van der Waals surface area contributed by atoms with Crippen LogP contribution in [-0.2, 0) is 6.54 Å². The molecule has 1 atom stereocenters. The number of aliphatic hydroxyl groups is 1. The molecule has 0 amide bonds. The molecule has 5 heteroatoms. The minimum Gasteiger partial charge on any atom is -0.382 e. The fourth-order valence-corrected chi connectivity index (χ4v) is 2.42. The van der Waals surface area contributed by atoms with Crippen LogP contribution < -0.4 is 0 Å². The van der Waals surface area contributed by atoms with Gasteiger partial charge in [-0.05, 0) is 35.6 Å². The van der Waals surface area contributed by atoms with E-state index in [-0.39, 0.29) is 0 Å². The van der Waals surface area contributed by atoms with Crippen molar-refractivity contribution in [3.63, 3.8) is 0 Å². The smallest absolute Gasteiger partial charge is 0.122 e. The van der Waals surface area contributed by atoms with E-state index in [1.165, 1.54) is 0 Å². The average molecular weight is 324 g/mol. The van der Waals surface area contributed by atoms with Crippen LogP contribution in [-0.4, -0.2) is 40.4 Å². The predicted octanol–water partition coefficient (Wildman–Crippen LogP) is 2.29. The Bertz CT molecular complexity index is 525. The van der Waals surface area contributed by atoms with Gasteiger partial charge >= 0.3 is 0 Å². The third kappa shape index (κ3) is 3.43. The van der Waals surface area contributed by atoms with Crippen LogP contribution in [0.25, 0.3) is 0 Å². The molecule has 0 aliphatic rings. The maximum absolute atomic E-state index is 10.5. The summed E-state index contributed by atoms with van der Waals surface area (Å²) < 4.78 is 2.68. The lowest BCUT2D eigenvalue weighted by molar-refractivity contribution is 0.205. The molecule has 1 aromatic carbocycles. The highest BCUT2D eigenvalue weighted by Gasteiger charge is 2.19. The summed E-state index contributed by atoms with van der Waals surface area (Å²) in [6.45, 7) is 1.63. The number of halogens is 1. The third-order valence-electron chi connectivity index (χ3n) is 2.97. The van der Waals surface area contributed by atoms with Crippen LogP contribution in [0, 0.1) is 0 Å². The normalized spacial score (nSPS) is 12.9. The Hall–Kier alpha value is -1.17. The van der Waals surface area contributed by atoms with Gasteiger partial charge in [0.05, 0.1) is 22.9 Å². The molecule has 0 saturated heterocycles. The van der Waals surface area contributed by atoms with Gasteiger partial charge in [-0.1, -0.05) is 30.3 Å². The van der Waals surface area contributed by atoms with E-state index in [2.05, 4.69) is 25.9 Å². The number of rotatable bonds is 5. The highest BCUT2D eigenvalue weighted by Crippen LogP contribution is 2.28. The topological polar surface area (TPSA) is 41.3 Å². The van der Waals surface area contributed by atoms with Crippen LogP contribution >= 0.6 is 15.9 Å². The van der Waals surface area contributed by atoms with Crippen molar-refractivity contribution >= 4 is 15.9 Å². The molecule has 0 spiro atoms. The lowest BCUT2D eigenvalue weighted by atomic mass is 10.1. The van der Waals surface area contributed by atoms with Gasteiger partial charge in [-0.2, -0.15) is 5.10 Å². The molecular formula is C14H18BrN3O. The van der Waals surface area contributed by atoms with Crippen LogP contribution in [0.5, 0.6) is 0 Å². The van der Waals surface area contributed by atoms with Crippen LogP contribution in [0.2, 0.25) is 0 Å². The summed E-state index contributed by atoms with van der Waals surface area (Å²) in [6, 6.07) is 9.62. The molecule has 102 valence electrons. The molecule has 0 fully saturated rings. The molecule has 2 aromatic rings. The van der Waals surface area contributed by atoms with Gasteiger partial charge in [-0.15, -0.1) is 0 Å². The first-order chi connectivity index (χ1) is 9.09. The van der Waals surface area contributed by atoms with E-state index >= 15 is 0 Å². The molecule has 0 aliphatic carbocycles. The van der Waals surface area contributed by atoms with E-state index in [4.69, 9.17) is 0 Å². The van der Waals surface area contributed by atoms with Gasteiger partial charge in [0.25, 0.3) is 0 Å². The van der Waals surface area contributed by atoms with Crippen molar-refractivity contribution < 1.29 is 5.11 Å². The molecule has 1 aromatic heterocycles. The van der Waals surface area contributed by atoms with E-state index < -0.39 is 6.10 Å². The molecule has 19 heavy (non-hydrogen) atoms. The average Bonchev–Trinajstić information content (AvgIpc) is 2.78. The van der Waals surface area contributed by atoms with Crippen molar-refractivity contribution in [2.45, 2.75) is 12.6 Å². The minimum atomic E-state index is -0.666. The summed E-state index contributed by atoms with van der Waals surface area (Å²) in [5.74, 6) is 0. The molecule has 2 rings (SSSR count). The molecule has 0 saturated carbocycles. The summed E-state index contributed by atoms with van der Waals surface area (Å²) in [5.41, 5.74) is 1.67. The van der Waals surface area contributed by atoms with E-state index in [1.807, 2.05) is 49.1 Å². The molecule has 0 aliphatic heterocycles. The highest BCUT2D eigenvalue weighted by molar-refractivity contribution is 9.10. The first kappa shape index (κ1) is 14.2. The number of aromatic nitrogens is 2. The molecule has 0 bridgehead atoms. The van der Waals surface area contributed by atoms with Crippen molar-refractivity contribution in [2.24, 2.45) is 0 Å². The number of hydrogen-bond acceptors (Lipinski definition) is 3. The summed E-state index contributed by atoms with van der Waals surface area (Å²) in [5, 5.41) is 14.8. The lowest BCUT2D eigenvalue weighted by Crippen LogP contribution is -2.21. The zero-order chi connectivity index (χ0) is 13.8. The van der Waals surface area contributed by atoms with Crippen molar-refractivity contribution in [1.29, 1.82) is 0 Å². The molecular weight excluding hydrogens is 306 g/mol. The molecule has 0 radical (unpaired) electrons. The van der Waals surface area contributed by atoms with Gasteiger partial charge in [0.15, 0.2) is 0 Å². The number of hydrogen-bond donors (Lipinski definition) is 1. The van der Waals surface area contributed by atoms with Crippen molar-refractivity contribution in [2.75, 3.05) is 20.6 Å². The first-order valence-electron chi connectivity index (χ1n) is 6.18. The minimum absolute atomic E-state index is 0.666. The second-order valence-electron chi connectivity index (χ2n) is 4.72. The quantitative estimate of drug-likeness (QED) is 0.917. The number of aliphatic hydroxyl groups excluding tert-OH is 1. The summed E-state index contributed by atoms with van der Waals surface area (Å²) in [7, 11) is 4.04. The zero-order valence-corrected chi connectivity index (χ0v) is 12.7. The number of likely N-dealkylation sites (N-methyl/N-ethyl adjacent to an activating group) is 1. The zero-order valence-electron chi connectivity index (χ0n) is 11.1. The fourth-order valence-electron chi connectivity index (χ4n) is 1.91. The van der Waals surface area contributed by atoms with E-state index in [0.29, 0.717) is 0 Å². The van der Waals surface area contributed by atoms with Gasteiger partial charge in [-0.3, -0.25) is 4.68 Å². The maximum Gasteiger partial charge on any atom is 0.122 e. The maximum atomic E-state index is 10.5. The Morgan fingerprint density at radius 1 is 1.32 bits per heavy atom. The van der Waals surface area contributed by atoms with Crippen LogP contribution in [0.4, 0.5) is 0 Å². The Labute approximate surface area is 121 Å². The Kier molecular flexibility index (Phi) is 4.74. The Morgan fingerprint density at radius 3 is 2.63 bits per heavy atom. The van der Waals surface area contributed by atoms with Gasteiger partial charge in [0.1, 0.15) is 6.10 Å². The van der Waals surface area contributed by atoms with Crippen molar-refractivity contribution in [3.05, 3.63) is 52.3 Å². The summed E-state index contributed by atoms with van der Waals surface area (Å²) in [6.07, 6.45) is 1.07. The lowest BCUT2D eigenvalue weighted by Gasteiger charge is -2.16. The first-order valence-corrected chi connectivity index (χ1v) is 6.98. The largest absolute Gasteiger partial charge is 0.382 e. The van der Waals surface area contributed by atoms with Crippen LogP contribution in [0.1, 0.15) is 17.4 Å². The van der Waals surface area contributed by atoms with Crippen LogP contribution in [0.3, 0.4) is 0 Å². The van der Waals surface area contributed by atoms with Gasteiger partial charge < -0.3 is 10.0 Å². The Morgan fingerprint density at radius 2 is 2.00 bits per heavy atom. The number of nitrogens with zero attached hydrogens (tertiary/aromatic N) is 3. The van der Waals surface area contributed by atoms with Gasteiger partial charge in [-0.25, -0.2) is 0 Å². The molecule has 1 unspecified atom stereocenters. The van der Waals surface area contributed by atoms with Crippen molar-refractivity contribution in [3.8, 4) is 0 Å². The van der Waals surface area contributed by atoms with Gasteiger partial charge in [0.2, 0.25) is 0 Å². The third-order valence-corrected chi connectivity index (χ3v) is 3.58. The fraction of sp³-hybridized carbons (Fsp3) is 0.357. The predicted molar refractivity (Wildman–Crippen MR) is 79.0 cm³/mol. The monoisotopic (exact) mass is 323 g/mol. The molecule has 4 nitrogen and oxygen atoms in total. The number of benzene rings is 1. The molecule has 1 heterocycles.